The number of rotatable bonds is 6. The van der Waals surface area contributed by atoms with Gasteiger partial charge in [-0.3, -0.25) is 10.1 Å². The molecule has 0 bridgehead atoms. The largest absolute Gasteiger partial charge is 0.496 e. The summed E-state index contributed by atoms with van der Waals surface area (Å²) in [5, 5.41) is 12.3. The van der Waals surface area contributed by atoms with Crippen LogP contribution in [0.5, 0.6) is 11.5 Å². The van der Waals surface area contributed by atoms with Gasteiger partial charge in [0.1, 0.15) is 16.5 Å². The second kappa shape index (κ2) is 7.41. The van der Waals surface area contributed by atoms with Crippen molar-refractivity contribution in [2.45, 2.75) is 27.2 Å². The average Bonchev–Trinajstić information content (AvgIpc) is 2.93. The van der Waals surface area contributed by atoms with Crippen LogP contribution >= 0.6 is 11.3 Å². The van der Waals surface area contributed by atoms with Gasteiger partial charge in [-0.1, -0.05) is 25.2 Å². The lowest BCUT2D eigenvalue weighted by Crippen LogP contribution is -2.12. The minimum absolute atomic E-state index is 0.270. The molecule has 6 nitrogen and oxygen atoms in total. The quantitative estimate of drug-likeness (QED) is 0.876. The van der Waals surface area contributed by atoms with Crippen molar-refractivity contribution in [3.63, 3.8) is 0 Å². The number of nitrogens with zero attached hydrogens (tertiary/aromatic N) is 2. The monoisotopic (exact) mass is 335 g/mol. The van der Waals surface area contributed by atoms with Crippen LogP contribution in [0.15, 0.2) is 12.1 Å². The van der Waals surface area contributed by atoms with Gasteiger partial charge in [-0.15, -0.1) is 10.2 Å². The number of carbonyl (C=O) groups is 1. The summed E-state index contributed by atoms with van der Waals surface area (Å²) in [7, 11) is 3.12. The first-order chi connectivity index (χ1) is 10.9. The zero-order valence-electron chi connectivity index (χ0n) is 14.0. The highest BCUT2D eigenvalue weighted by atomic mass is 32.1. The van der Waals surface area contributed by atoms with Crippen LogP contribution in [0.2, 0.25) is 0 Å². The molecule has 0 unspecified atom stereocenters. The van der Waals surface area contributed by atoms with Crippen molar-refractivity contribution in [3.05, 3.63) is 28.3 Å². The molecule has 0 aliphatic rings. The molecule has 0 saturated heterocycles. The van der Waals surface area contributed by atoms with E-state index in [4.69, 9.17) is 9.47 Å². The van der Waals surface area contributed by atoms with Gasteiger partial charge in [-0.05, 0) is 25.0 Å². The summed E-state index contributed by atoms with van der Waals surface area (Å²) < 4.78 is 10.6. The summed E-state index contributed by atoms with van der Waals surface area (Å²) in [5.74, 6) is 1.44. The summed E-state index contributed by atoms with van der Waals surface area (Å²) >= 11 is 1.39. The standard InChI is InChI=1S/C16H21N3O3S/c1-9(2)6-14-18-19-16(23-14)17-15(20)11-7-12(21-4)10(3)13(8-11)22-5/h7-9H,6H2,1-5H3,(H,17,19,20). The van der Waals surface area contributed by atoms with E-state index >= 15 is 0 Å². The van der Waals surface area contributed by atoms with Gasteiger partial charge in [-0.25, -0.2) is 0 Å². The van der Waals surface area contributed by atoms with Crippen LogP contribution < -0.4 is 14.8 Å². The highest BCUT2D eigenvalue weighted by Gasteiger charge is 2.15. The van der Waals surface area contributed by atoms with Crippen molar-refractivity contribution >= 4 is 22.4 Å². The first kappa shape index (κ1) is 17.2. The van der Waals surface area contributed by atoms with E-state index < -0.39 is 0 Å². The summed E-state index contributed by atoms with van der Waals surface area (Å²) in [6.45, 7) is 6.11. The molecule has 0 fully saturated rings. The molecule has 1 heterocycles. The van der Waals surface area contributed by atoms with Crippen LogP contribution in [0.1, 0.15) is 34.8 Å². The summed E-state index contributed by atoms with van der Waals surface area (Å²) in [6.07, 6.45) is 0.847. The van der Waals surface area contributed by atoms with E-state index in [0.717, 1.165) is 17.0 Å². The molecule has 0 atom stereocenters. The number of carbonyl (C=O) groups excluding carboxylic acids is 1. The van der Waals surface area contributed by atoms with Crippen LogP contribution in [-0.4, -0.2) is 30.3 Å². The fourth-order valence-electron chi connectivity index (χ4n) is 2.12. The predicted molar refractivity (Wildman–Crippen MR) is 90.7 cm³/mol. The van der Waals surface area contributed by atoms with E-state index in [0.29, 0.717) is 28.1 Å². The van der Waals surface area contributed by atoms with Crippen LogP contribution in [-0.2, 0) is 6.42 Å². The molecule has 1 aromatic carbocycles. The van der Waals surface area contributed by atoms with E-state index in [-0.39, 0.29) is 5.91 Å². The van der Waals surface area contributed by atoms with Gasteiger partial charge in [0.2, 0.25) is 5.13 Å². The molecule has 0 aliphatic heterocycles. The minimum atomic E-state index is -0.270. The molecular weight excluding hydrogens is 314 g/mol. The lowest BCUT2D eigenvalue weighted by atomic mass is 10.1. The van der Waals surface area contributed by atoms with E-state index in [1.165, 1.54) is 11.3 Å². The highest BCUT2D eigenvalue weighted by Crippen LogP contribution is 2.30. The van der Waals surface area contributed by atoms with E-state index in [1.807, 2.05) is 6.92 Å². The Morgan fingerprint density at radius 3 is 2.35 bits per heavy atom. The zero-order valence-corrected chi connectivity index (χ0v) is 14.8. The van der Waals surface area contributed by atoms with Crippen molar-refractivity contribution in [1.82, 2.24) is 10.2 Å². The number of methoxy groups -OCH3 is 2. The molecule has 1 aromatic heterocycles. The lowest BCUT2D eigenvalue weighted by Gasteiger charge is -2.12. The summed E-state index contributed by atoms with van der Waals surface area (Å²) in [6, 6.07) is 3.37. The average molecular weight is 335 g/mol. The van der Waals surface area contributed by atoms with Crippen LogP contribution in [0.25, 0.3) is 0 Å². The predicted octanol–water partition coefficient (Wildman–Crippen LogP) is 3.31. The summed E-state index contributed by atoms with van der Waals surface area (Å²) in [5.41, 5.74) is 1.30. The Morgan fingerprint density at radius 2 is 1.83 bits per heavy atom. The number of amides is 1. The van der Waals surface area contributed by atoms with Crippen LogP contribution in [0, 0.1) is 12.8 Å². The second-order valence-electron chi connectivity index (χ2n) is 5.56. The van der Waals surface area contributed by atoms with Gasteiger partial charge in [0.05, 0.1) is 14.2 Å². The third kappa shape index (κ3) is 4.19. The zero-order chi connectivity index (χ0) is 17.0. The number of hydrogen-bond donors (Lipinski definition) is 1. The Hall–Kier alpha value is -2.15. The number of nitrogens with one attached hydrogen (secondary N) is 1. The maximum atomic E-state index is 12.4. The lowest BCUT2D eigenvalue weighted by molar-refractivity contribution is 0.102. The number of anilines is 1. The van der Waals surface area contributed by atoms with Crippen molar-refractivity contribution < 1.29 is 14.3 Å². The van der Waals surface area contributed by atoms with E-state index in [9.17, 15) is 4.79 Å². The fourth-order valence-corrected chi connectivity index (χ4v) is 3.07. The molecule has 0 aliphatic carbocycles. The third-order valence-electron chi connectivity index (χ3n) is 3.28. The molecule has 1 amide bonds. The molecule has 7 heteroatoms. The van der Waals surface area contributed by atoms with Gasteiger partial charge < -0.3 is 9.47 Å². The SMILES string of the molecule is COc1cc(C(=O)Nc2nnc(CC(C)C)s2)cc(OC)c1C. The molecule has 0 spiro atoms. The van der Waals surface area contributed by atoms with Crippen molar-refractivity contribution in [2.75, 3.05) is 19.5 Å². The number of hydrogen-bond acceptors (Lipinski definition) is 6. The van der Waals surface area contributed by atoms with Crippen molar-refractivity contribution in [2.24, 2.45) is 5.92 Å². The van der Waals surface area contributed by atoms with Crippen molar-refractivity contribution in [3.8, 4) is 11.5 Å². The first-order valence-corrected chi connectivity index (χ1v) is 8.12. The molecule has 1 N–H and O–H groups in total. The Morgan fingerprint density at radius 1 is 1.22 bits per heavy atom. The molecule has 23 heavy (non-hydrogen) atoms. The number of benzene rings is 1. The maximum absolute atomic E-state index is 12.4. The van der Waals surface area contributed by atoms with Gasteiger partial charge >= 0.3 is 0 Å². The summed E-state index contributed by atoms with van der Waals surface area (Å²) in [4.78, 5) is 12.4. The van der Waals surface area contributed by atoms with Crippen molar-refractivity contribution in [1.29, 1.82) is 0 Å². The number of aromatic nitrogens is 2. The molecule has 124 valence electrons. The molecule has 2 rings (SSSR count). The van der Waals surface area contributed by atoms with Gasteiger partial charge in [0.15, 0.2) is 0 Å². The maximum Gasteiger partial charge on any atom is 0.257 e. The highest BCUT2D eigenvalue weighted by molar-refractivity contribution is 7.15. The smallest absolute Gasteiger partial charge is 0.257 e. The molecule has 0 saturated carbocycles. The molecule has 2 aromatic rings. The van der Waals surface area contributed by atoms with Gasteiger partial charge in [0.25, 0.3) is 5.91 Å². The first-order valence-electron chi connectivity index (χ1n) is 7.31. The Kier molecular flexibility index (Phi) is 5.54. The normalized spacial score (nSPS) is 10.7. The molecular formula is C16H21N3O3S. The Labute approximate surface area is 139 Å². The Balaban J connectivity index is 2.19. The van der Waals surface area contributed by atoms with Crippen LogP contribution in [0.3, 0.4) is 0 Å². The second-order valence-corrected chi connectivity index (χ2v) is 6.62. The number of ether oxygens (including phenoxy) is 2. The van der Waals surface area contributed by atoms with E-state index in [1.54, 1.807) is 26.4 Å². The minimum Gasteiger partial charge on any atom is -0.496 e. The Bertz CT molecular complexity index is 673. The van der Waals surface area contributed by atoms with Gasteiger partial charge in [0, 0.05) is 17.5 Å². The van der Waals surface area contributed by atoms with Crippen LogP contribution in [0.4, 0.5) is 5.13 Å². The third-order valence-corrected chi connectivity index (χ3v) is 4.15. The fraction of sp³-hybridized carbons (Fsp3) is 0.438. The topological polar surface area (TPSA) is 73.3 Å². The van der Waals surface area contributed by atoms with Gasteiger partial charge in [-0.2, -0.15) is 0 Å². The molecule has 0 radical (unpaired) electrons. The van der Waals surface area contributed by atoms with E-state index in [2.05, 4.69) is 29.4 Å².